The van der Waals surface area contributed by atoms with Crippen LogP contribution in [0.2, 0.25) is 0 Å². The molecule has 0 amide bonds. The van der Waals surface area contributed by atoms with E-state index in [1.54, 1.807) is 0 Å². The van der Waals surface area contributed by atoms with Crippen LogP contribution in [0.5, 0.6) is 5.75 Å². The molecular weight excluding hydrogens is 716 g/mol. The summed E-state index contributed by atoms with van der Waals surface area (Å²) in [6.45, 7) is 16.7. The maximum atomic E-state index is 6.86. The predicted octanol–water partition coefficient (Wildman–Crippen LogP) is 14.8. The first-order valence-electron chi connectivity index (χ1n) is 17.4. The topological polar surface area (TPSA) is 9.23 Å². The van der Waals surface area contributed by atoms with Crippen molar-refractivity contribution in [2.45, 2.75) is 78.6 Å². The first-order chi connectivity index (χ1) is 22.9. The van der Waals surface area contributed by atoms with Crippen LogP contribution in [0.1, 0.15) is 78.9 Å². The van der Waals surface area contributed by atoms with Gasteiger partial charge in [-0.1, -0.05) is 150 Å². The van der Waals surface area contributed by atoms with E-state index in [9.17, 15) is 0 Å². The van der Waals surface area contributed by atoms with Gasteiger partial charge >= 0.3 is 0 Å². The van der Waals surface area contributed by atoms with Gasteiger partial charge in [0.2, 0.25) is 0 Å². The number of ether oxygens (including phenoxy) is 1. The van der Waals surface area contributed by atoms with Gasteiger partial charge in [0.1, 0.15) is 5.75 Å². The molecule has 0 atom stereocenters. The van der Waals surface area contributed by atoms with Crippen LogP contribution in [0.15, 0.2) is 87.8 Å². The lowest BCUT2D eigenvalue weighted by Crippen LogP contribution is -2.11. The Bertz CT molecular complexity index is 2490. The molecule has 0 spiro atoms. The molecular formula is C45H42Br2O. The predicted molar refractivity (Wildman–Crippen MR) is 217 cm³/mol. The summed E-state index contributed by atoms with van der Waals surface area (Å²) in [5.74, 6) is 0.935. The molecule has 1 nitrogen and oxygen atoms in total. The summed E-state index contributed by atoms with van der Waals surface area (Å²) in [7, 11) is 0. The van der Waals surface area contributed by atoms with Crippen LogP contribution in [0.3, 0.4) is 0 Å². The molecule has 0 aliphatic carbocycles. The van der Waals surface area contributed by atoms with E-state index in [1.807, 2.05) is 0 Å². The second-order valence-electron chi connectivity index (χ2n) is 15.8. The van der Waals surface area contributed by atoms with E-state index in [-0.39, 0.29) is 10.8 Å². The summed E-state index contributed by atoms with van der Waals surface area (Å²) < 4.78 is 9.00. The Balaban J connectivity index is 1.50. The van der Waals surface area contributed by atoms with Crippen molar-refractivity contribution in [3.05, 3.63) is 98.9 Å². The van der Waals surface area contributed by atoms with Gasteiger partial charge in [-0.3, -0.25) is 0 Å². The average molecular weight is 759 g/mol. The minimum Gasteiger partial charge on any atom is -0.492 e. The van der Waals surface area contributed by atoms with Gasteiger partial charge in [0, 0.05) is 15.4 Å². The van der Waals surface area contributed by atoms with Gasteiger partial charge in [0.05, 0.1) is 11.1 Å². The maximum absolute atomic E-state index is 6.86. The van der Waals surface area contributed by atoms with Crippen LogP contribution in [0.4, 0.5) is 0 Å². The fourth-order valence-corrected chi connectivity index (χ4v) is 8.99. The third-order valence-corrected chi connectivity index (χ3v) is 11.9. The zero-order chi connectivity index (χ0) is 33.7. The summed E-state index contributed by atoms with van der Waals surface area (Å²) in [6, 6.07) is 30.4. The van der Waals surface area contributed by atoms with E-state index >= 15 is 0 Å². The number of hydrogen-bond acceptors (Lipinski definition) is 1. The summed E-state index contributed by atoms with van der Waals surface area (Å²) in [6.07, 6.45) is 3.34. The monoisotopic (exact) mass is 756 g/mol. The highest BCUT2D eigenvalue weighted by atomic mass is 79.9. The molecule has 0 N–H and O–H groups in total. The fraction of sp³-hybridized carbons (Fsp3) is 0.289. The molecule has 8 aromatic carbocycles. The quantitative estimate of drug-likeness (QED) is 0.121. The Labute approximate surface area is 300 Å². The lowest BCUT2D eigenvalue weighted by Gasteiger charge is -2.25. The molecule has 8 aromatic rings. The minimum atomic E-state index is 0.0668. The van der Waals surface area contributed by atoms with E-state index in [1.165, 1.54) is 81.3 Å². The second-order valence-corrected chi connectivity index (χ2v) is 17.4. The number of benzene rings is 8. The molecule has 0 fully saturated rings. The minimum absolute atomic E-state index is 0.0668. The lowest BCUT2D eigenvalue weighted by molar-refractivity contribution is 0.306. The fourth-order valence-electron chi connectivity index (χ4n) is 7.79. The third kappa shape index (κ3) is 4.90. The summed E-state index contributed by atoms with van der Waals surface area (Å²) in [5.41, 5.74) is 5.22. The van der Waals surface area contributed by atoms with Crippen molar-refractivity contribution in [3.63, 3.8) is 0 Å². The van der Waals surface area contributed by atoms with Crippen molar-refractivity contribution < 1.29 is 4.74 Å². The van der Waals surface area contributed by atoms with E-state index in [4.69, 9.17) is 4.74 Å². The normalized spacial score (nSPS) is 13.0. The van der Waals surface area contributed by atoms with Gasteiger partial charge in [-0.15, -0.1) is 0 Å². The number of hydrogen-bond donors (Lipinski definition) is 0. The molecule has 0 saturated heterocycles. The highest BCUT2D eigenvalue weighted by molar-refractivity contribution is 9.11. The van der Waals surface area contributed by atoms with Crippen LogP contribution in [0.25, 0.3) is 75.8 Å². The van der Waals surface area contributed by atoms with Crippen LogP contribution in [-0.2, 0) is 10.8 Å². The van der Waals surface area contributed by atoms with Crippen LogP contribution >= 0.6 is 31.9 Å². The first kappa shape index (κ1) is 31.8. The van der Waals surface area contributed by atoms with Crippen molar-refractivity contribution in [2.75, 3.05) is 6.61 Å². The van der Waals surface area contributed by atoms with Gasteiger partial charge in [0.15, 0.2) is 0 Å². The van der Waals surface area contributed by atoms with Gasteiger partial charge in [0.25, 0.3) is 0 Å². The Morgan fingerprint density at radius 2 is 1.02 bits per heavy atom. The van der Waals surface area contributed by atoms with Gasteiger partial charge in [-0.25, -0.2) is 0 Å². The highest BCUT2D eigenvalue weighted by Gasteiger charge is 2.26. The van der Waals surface area contributed by atoms with Crippen molar-refractivity contribution in [1.82, 2.24) is 0 Å². The van der Waals surface area contributed by atoms with Crippen molar-refractivity contribution in [3.8, 4) is 16.9 Å². The second kappa shape index (κ2) is 11.3. The molecule has 3 heteroatoms. The zero-order valence-corrected chi connectivity index (χ0v) is 32.2. The standard InChI is InChI=1S/C45H42Br2O/c1-8-9-10-19-48-43-41(33-17-13-27-22-30(45(5,6)7)23-28-14-18-34(42(43)47)40(33)38(27)28)35-24-36(46)32-16-12-26-21-29(44(2,3)4)20-25-11-15-31(35)39(32)37(25)26/h11-18,20-24H,8-10,19H2,1-7H3. The van der Waals surface area contributed by atoms with E-state index in [0.717, 1.165) is 39.5 Å². The molecule has 0 aliphatic rings. The molecule has 0 heterocycles. The summed E-state index contributed by atoms with van der Waals surface area (Å²) in [4.78, 5) is 0. The van der Waals surface area contributed by atoms with Gasteiger partial charge < -0.3 is 4.74 Å². The van der Waals surface area contributed by atoms with E-state index in [0.29, 0.717) is 6.61 Å². The van der Waals surface area contributed by atoms with Crippen LogP contribution in [-0.4, -0.2) is 6.61 Å². The molecule has 0 bridgehead atoms. The van der Waals surface area contributed by atoms with Crippen LogP contribution in [0, 0.1) is 0 Å². The van der Waals surface area contributed by atoms with Crippen molar-refractivity contribution >= 4 is 96.5 Å². The Kier molecular flexibility index (Phi) is 7.51. The van der Waals surface area contributed by atoms with Gasteiger partial charge in [-0.2, -0.15) is 0 Å². The lowest BCUT2D eigenvalue weighted by atomic mass is 9.81. The molecule has 0 unspecified atom stereocenters. The molecule has 0 aliphatic heterocycles. The number of rotatable bonds is 6. The Hall–Kier alpha value is -3.40. The molecule has 0 saturated carbocycles. The molecule has 0 aromatic heterocycles. The maximum Gasteiger partial charge on any atom is 0.142 e. The molecule has 242 valence electrons. The van der Waals surface area contributed by atoms with Crippen molar-refractivity contribution in [1.29, 1.82) is 0 Å². The van der Waals surface area contributed by atoms with E-state index in [2.05, 4.69) is 159 Å². The first-order valence-corrected chi connectivity index (χ1v) is 18.9. The smallest absolute Gasteiger partial charge is 0.142 e. The molecule has 0 radical (unpaired) electrons. The summed E-state index contributed by atoms with van der Waals surface area (Å²) >= 11 is 8.18. The molecule has 8 rings (SSSR count). The Morgan fingerprint density at radius 3 is 1.54 bits per heavy atom. The zero-order valence-electron chi connectivity index (χ0n) is 29.0. The van der Waals surface area contributed by atoms with Crippen molar-refractivity contribution in [2.24, 2.45) is 0 Å². The highest BCUT2D eigenvalue weighted by Crippen LogP contribution is 2.53. The number of halogens is 2. The third-order valence-electron chi connectivity index (χ3n) is 10.4. The van der Waals surface area contributed by atoms with Crippen LogP contribution < -0.4 is 4.74 Å². The SMILES string of the molecule is CCCCCOc1c(Br)c2ccc3cc(C(C)(C)C)cc4ccc(c1-c1cc(Br)c5ccc6cc(C(C)(C)C)cc7ccc1c5c67)c2c34. The largest absolute Gasteiger partial charge is 0.492 e. The summed E-state index contributed by atoms with van der Waals surface area (Å²) in [5, 5.41) is 15.4. The number of unbranched alkanes of at least 4 members (excludes halogenated alkanes) is 2. The Morgan fingerprint density at radius 1 is 0.542 bits per heavy atom. The van der Waals surface area contributed by atoms with E-state index < -0.39 is 0 Å². The molecule has 48 heavy (non-hydrogen) atoms. The van der Waals surface area contributed by atoms with Gasteiger partial charge in [-0.05, 0) is 115 Å². The average Bonchev–Trinajstić information content (AvgIpc) is 3.05.